The molecule has 0 heterocycles. The van der Waals surface area contributed by atoms with E-state index in [1.54, 1.807) is 13.8 Å². The summed E-state index contributed by atoms with van der Waals surface area (Å²) in [5, 5.41) is 9.67. The van der Waals surface area contributed by atoms with Gasteiger partial charge in [0.2, 0.25) is 0 Å². The van der Waals surface area contributed by atoms with Crippen molar-refractivity contribution < 1.29 is 14.6 Å². The van der Waals surface area contributed by atoms with Crippen molar-refractivity contribution in [3.05, 3.63) is 12.2 Å². The van der Waals surface area contributed by atoms with Crippen LogP contribution in [0.5, 0.6) is 0 Å². The lowest BCUT2D eigenvalue weighted by atomic mass is 9.63. The maximum Gasteiger partial charge on any atom is 0.136 e. The SMILES string of the molecule is C=C(COCC(C)(C)O)C1CCC2C(=O)CCCC12C. The van der Waals surface area contributed by atoms with Gasteiger partial charge in [0, 0.05) is 12.3 Å². The minimum atomic E-state index is -0.802. The lowest BCUT2D eigenvalue weighted by molar-refractivity contribution is -0.129. The highest BCUT2D eigenvalue weighted by atomic mass is 16.5. The Balaban J connectivity index is 1.95. The molecule has 2 saturated carbocycles. The Morgan fingerprint density at radius 3 is 2.85 bits per heavy atom. The van der Waals surface area contributed by atoms with Gasteiger partial charge in [0.1, 0.15) is 5.78 Å². The van der Waals surface area contributed by atoms with Crippen molar-refractivity contribution in [2.24, 2.45) is 17.3 Å². The summed E-state index contributed by atoms with van der Waals surface area (Å²) in [5.74, 6) is 1.07. The molecule has 0 aromatic rings. The molecule has 0 saturated heterocycles. The van der Waals surface area contributed by atoms with E-state index in [1.165, 1.54) is 0 Å². The minimum Gasteiger partial charge on any atom is -0.388 e. The Morgan fingerprint density at radius 2 is 2.20 bits per heavy atom. The lowest BCUT2D eigenvalue weighted by Gasteiger charge is -2.40. The maximum atomic E-state index is 12.1. The number of carbonyl (C=O) groups excluding carboxylic acids is 1. The van der Waals surface area contributed by atoms with Gasteiger partial charge >= 0.3 is 0 Å². The Morgan fingerprint density at radius 1 is 1.50 bits per heavy atom. The van der Waals surface area contributed by atoms with Crippen LogP contribution in [0.4, 0.5) is 0 Å². The summed E-state index contributed by atoms with van der Waals surface area (Å²) < 4.78 is 5.59. The van der Waals surface area contributed by atoms with Gasteiger partial charge in [-0.25, -0.2) is 0 Å². The first-order valence-electron chi connectivity index (χ1n) is 7.74. The third-order valence-corrected chi connectivity index (χ3v) is 5.10. The molecule has 0 bridgehead atoms. The van der Waals surface area contributed by atoms with Crippen LogP contribution in [0, 0.1) is 17.3 Å². The van der Waals surface area contributed by atoms with Crippen molar-refractivity contribution in [3.63, 3.8) is 0 Å². The standard InChI is InChI=1S/C17H28O3/c1-12(10-20-11-16(2,3)19)13-7-8-14-15(18)6-5-9-17(13,14)4/h13-14,19H,1,5-11H2,2-4H3. The molecule has 0 aromatic heterocycles. The largest absolute Gasteiger partial charge is 0.388 e. The molecule has 0 amide bonds. The number of Topliss-reactive ketones (excluding diaryl/α,β-unsaturated/α-hetero) is 1. The first-order chi connectivity index (χ1) is 9.24. The first-order valence-corrected chi connectivity index (χ1v) is 7.74. The highest BCUT2D eigenvalue weighted by molar-refractivity contribution is 5.83. The van der Waals surface area contributed by atoms with E-state index in [9.17, 15) is 9.90 Å². The number of ketones is 1. The zero-order chi connectivity index (χ0) is 15.0. The smallest absolute Gasteiger partial charge is 0.136 e. The van der Waals surface area contributed by atoms with Gasteiger partial charge in [-0.1, -0.05) is 13.5 Å². The van der Waals surface area contributed by atoms with Crippen molar-refractivity contribution in [1.82, 2.24) is 0 Å². The Kier molecular flexibility index (Phi) is 4.41. The van der Waals surface area contributed by atoms with Crippen LogP contribution in [-0.2, 0) is 9.53 Å². The second-order valence-corrected chi connectivity index (χ2v) is 7.47. The van der Waals surface area contributed by atoms with Crippen LogP contribution in [0.2, 0.25) is 0 Å². The fourth-order valence-corrected chi connectivity index (χ4v) is 4.13. The maximum absolute atomic E-state index is 12.1. The number of ether oxygens (including phenoxy) is 1. The van der Waals surface area contributed by atoms with Crippen molar-refractivity contribution >= 4 is 5.78 Å². The molecule has 3 unspecified atom stereocenters. The van der Waals surface area contributed by atoms with Crippen molar-refractivity contribution in [3.8, 4) is 0 Å². The third kappa shape index (κ3) is 3.15. The molecule has 114 valence electrons. The van der Waals surface area contributed by atoms with E-state index in [-0.39, 0.29) is 11.3 Å². The number of hydrogen-bond donors (Lipinski definition) is 1. The van der Waals surface area contributed by atoms with Crippen molar-refractivity contribution in [2.45, 2.75) is 58.5 Å². The Hall–Kier alpha value is -0.670. The van der Waals surface area contributed by atoms with Gasteiger partial charge in [-0.05, 0) is 56.4 Å². The lowest BCUT2D eigenvalue weighted by Crippen LogP contribution is -2.38. The number of hydrogen-bond acceptors (Lipinski definition) is 3. The molecule has 1 N–H and O–H groups in total. The Labute approximate surface area is 122 Å². The van der Waals surface area contributed by atoms with E-state index >= 15 is 0 Å². The van der Waals surface area contributed by atoms with Crippen LogP contribution in [-0.4, -0.2) is 29.7 Å². The van der Waals surface area contributed by atoms with E-state index in [4.69, 9.17) is 4.74 Å². The van der Waals surface area contributed by atoms with E-state index in [0.29, 0.717) is 24.9 Å². The van der Waals surface area contributed by atoms with Crippen LogP contribution >= 0.6 is 0 Å². The van der Waals surface area contributed by atoms with Crippen molar-refractivity contribution in [1.29, 1.82) is 0 Å². The summed E-state index contributed by atoms with van der Waals surface area (Å²) >= 11 is 0. The van der Waals surface area contributed by atoms with Gasteiger partial charge < -0.3 is 9.84 Å². The third-order valence-electron chi connectivity index (χ3n) is 5.10. The second-order valence-electron chi connectivity index (χ2n) is 7.47. The van der Waals surface area contributed by atoms with E-state index < -0.39 is 5.60 Å². The van der Waals surface area contributed by atoms with Gasteiger partial charge in [0.25, 0.3) is 0 Å². The predicted octanol–water partition coefficient (Wildman–Crippen LogP) is 3.12. The molecule has 20 heavy (non-hydrogen) atoms. The number of carbonyl (C=O) groups is 1. The number of aliphatic hydroxyl groups is 1. The molecule has 0 aliphatic heterocycles. The molecular weight excluding hydrogens is 252 g/mol. The molecule has 2 fully saturated rings. The minimum absolute atomic E-state index is 0.0878. The number of rotatable bonds is 5. The normalized spacial score (nSPS) is 34.1. The van der Waals surface area contributed by atoms with Gasteiger partial charge in [-0.15, -0.1) is 0 Å². The molecule has 2 aliphatic carbocycles. The molecule has 2 rings (SSSR count). The molecule has 3 atom stereocenters. The zero-order valence-electron chi connectivity index (χ0n) is 13.1. The Bertz CT molecular complexity index is 394. The van der Waals surface area contributed by atoms with Gasteiger partial charge in [-0.3, -0.25) is 4.79 Å². The van der Waals surface area contributed by atoms with E-state index in [0.717, 1.165) is 37.7 Å². The zero-order valence-corrected chi connectivity index (χ0v) is 13.1. The summed E-state index contributed by atoms with van der Waals surface area (Å²) in [7, 11) is 0. The summed E-state index contributed by atoms with van der Waals surface area (Å²) in [6.07, 6.45) is 4.95. The first kappa shape index (κ1) is 15.7. The molecule has 3 heteroatoms. The monoisotopic (exact) mass is 280 g/mol. The summed E-state index contributed by atoms with van der Waals surface area (Å²) in [5.41, 5.74) is 0.377. The highest BCUT2D eigenvalue weighted by Crippen LogP contribution is 2.56. The molecular formula is C17H28O3. The second kappa shape index (κ2) is 5.61. The fourth-order valence-electron chi connectivity index (χ4n) is 4.13. The van der Waals surface area contributed by atoms with Crippen LogP contribution in [0.3, 0.4) is 0 Å². The summed E-state index contributed by atoms with van der Waals surface area (Å²) in [6, 6.07) is 0. The van der Waals surface area contributed by atoms with E-state index in [1.807, 2.05) is 0 Å². The van der Waals surface area contributed by atoms with Crippen LogP contribution in [0.1, 0.15) is 52.9 Å². The van der Waals surface area contributed by atoms with E-state index in [2.05, 4.69) is 13.5 Å². The van der Waals surface area contributed by atoms with Crippen LogP contribution < -0.4 is 0 Å². The van der Waals surface area contributed by atoms with Gasteiger partial charge in [0.15, 0.2) is 0 Å². The highest BCUT2D eigenvalue weighted by Gasteiger charge is 2.51. The summed E-state index contributed by atoms with van der Waals surface area (Å²) in [4.78, 5) is 12.1. The topological polar surface area (TPSA) is 46.5 Å². The predicted molar refractivity (Wildman–Crippen MR) is 79.4 cm³/mol. The molecule has 2 aliphatic rings. The molecule has 0 radical (unpaired) electrons. The van der Waals surface area contributed by atoms with Crippen LogP contribution in [0.15, 0.2) is 12.2 Å². The van der Waals surface area contributed by atoms with Gasteiger partial charge in [0.05, 0.1) is 18.8 Å². The summed E-state index contributed by atoms with van der Waals surface area (Å²) in [6.45, 7) is 10.7. The number of fused-ring (bicyclic) bond motifs is 1. The quantitative estimate of drug-likeness (QED) is 0.787. The fraction of sp³-hybridized carbons (Fsp3) is 0.824. The molecule has 0 spiro atoms. The van der Waals surface area contributed by atoms with Crippen molar-refractivity contribution in [2.75, 3.05) is 13.2 Å². The molecule has 3 nitrogen and oxygen atoms in total. The molecule has 0 aromatic carbocycles. The average molecular weight is 280 g/mol. The average Bonchev–Trinajstić information content (AvgIpc) is 2.66. The van der Waals surface area contributed by atoms with Crippen LogP contribution in [0.25, 0.3) is 0 Å². The van der Waals surface area contributed by atoms with Gasteiger partial charge in [-0.2, -0.15) is 0 Å².